The van der Waals surface area contributed by atoms with Crippen LogP contribution >= 0.6 is 0 Å². The molecule has 0 aliphatic carbocycles. The smallest absolute Gasteiger partial charge is 0.273 e. The summed E-state index contributed by atoms with van der Waals surface area (Å²) < 4.78 is 5.76. The predicted molar refractivity (Wildman–Crippen MR) is 111 cm³/mol. The first kappa shape index (κ1) is 17.5. The molecule has 0 aliphatic rings. The van der Waals surface area contributed by atoms with Gasteiger partial charge in [0, 0.05) is 17.1 Å². The number of amides is 1. The first-order chi connectivity index (χ1) is 13.8. The minimum atomic E-state index is -0.253. The number of fused-ring (bicyclic) bond motifs is 1. The first-order valence-electron chi connectivity index (χ1n) is 8.96. The Hall–Kier alpha value is -3.86. The summed E-state index contributed by atoms with van der Waals surface area (Å²) in [5.74, 6) is 0.528. The summed E-state index contributed by atoms with van der Waals surface area (Å²) in [4.78, 5) is 15.4. The van der Waals surface area contributed by atoms with Crippen molar-refractivity contribution in [2.75, 3.05) is 0 Å². The fourth-order valence-electron chi connectivity index (χ4n) is 2.88. The van der Waals surface area contributed by atoms with Crippen LogP contribution in [-0.2, 0) is 6.61 Å². The Morgan fingerprint density at radius 1 is 0.964 bits per heavy atom. The quantitative estimate of drug-likeness (QED) is 0.388. The van der Waals surface area contributed by atoms with Crippen molar-refractivity contribution in [1.29, 1.82) is 0 Å². The van der Waals surface area contributed by atoms with E-state index >= 15 is 0 Å². The molecule has 3 aromatic carbocycles. The number of hydrazone groups is 1. The SMILES string of the molecule is O=C(N/N=C\c1ccc(OCc2ccccc2)cc1)c1c[nH]c2ccccc12. The number of carbonyl (C=O) groups excluding carboxylic acids is 1. The average Bonchev–Trinajstić information content (AvgIpc) is 3.18. The van der Waals surface area contributed by atoms with Gasteiger partial charge < -0.3 is 9.72 Å². The molecule has 0 spiro atoms. The Bertz CT molecular complexity index is 1100. The second-order valence-corrected chi connectivity index (χ2v) is 6.29. The second kappa shape index (κ2) is 8.22. The maximum absolute atomic E-state index is 12.3. The van der Waals surface area contributed by atoms with Crippen molar-refractivity contribution in [2.45, 2.75) is 6.61 Å². The van der Waals surface area contributed by atoms with E-state index in [0.717, 1.165) is 27.8 Å². The summed E-state index contributed by atoms with van der Waals surface area (Å²) in [7, 11) is 0. The van der Waals surface area contributed by atoms with Gasteiger partial charge in [-0.1, -0.05) is 48.5 Å². The number of para-hydroxylation sites is 1. The molecule has 0 radical (unpaired) electrons. The van der Waals surface area contributed by atoms with Crippen molar-refractivity contribution in [1.82, 2.24) is 10.4 Å². The zero-order valence-electron chi connectivity index (χ0n) is 15.1. The van der Waals surface area contributed by atoms with E-state index < -0.39 is 0 Å². The molecule has 0 aliphatic heterocycles. The van der Waals surface area contributed by atoms with Gasteiger partial charge in [0.15, 0.2) is 0 Å². The van der Waals surface area contributed by atoms with Crippen LogP contribution in [0.2, 0.25) is 0 Å². The van der Waals surface area contributed by atoms with Crippen molar-refractivity contribution in [3.63, 3.8) is 0 Å². The average molecular weight is 369 g/mol. The molecule has 1 amide bonds. The standard InChI is InChI=1S/C23H19N3O2/c27-23(21-15-24-22-9-5-4-8-20(21)22)26-25-14-17-10-12-19(13-11-17)28-16-18-6-2-1-3-7-18/h1-15,24H,16H2,(H,26,27)/b25-14-. The van der Waals surface area contributed by atoms with Crippen molar-refractivity contribution in [2.24, 2.45) is 5.10 Å². The van der Waals surface area contributed by atoms with E-state index in [2.05, 4.69) is 15.5 Å². The number of aromatic amines is 1. The number of hydrogen-bond acceptors (Lipinski definition) is 3. The van der Waals surface area contributed by atoms with E-state index in [0.29, 0.717) is 12.2 Å². The van der Waals surface area contributed by atoms with Crippen LogP contribution in [0, 0.1) is 0 Å². The minimum Gasteiger partial charge on any atom is -0.489 e. The molecule has 28 heavy (non-hydrogen) atoms. The number of nitrogens with one attached hydrogen (secondary N) is 2. The van der Waals surface area contributed by atoms with E-state index in [-0.39, 0.29) is 5.91 Å². The number of carbonyl (C=O) groups is 1. The Morgan fingerprint density at radius 2 is 1.71 bits per heavy atom. The van der Waals surface area contributed by atoms with Crippen molar-refractivity contribution in [3.8, 4) is 5.75 Å². The number of rotatable bonds is 6. The molecule has 4 rings (SSSR count). The molecule has 0 fully saturated rings. The van der Waals surface area contributed by atoms with E-state index in [4.69, 9.17) is 4.74 Å². The van der Waals surface area contributed by atoms with Crippen LogP contribution in [0.25, 0.3) is 10.9 Å². The first-order valence-corrected chi connectivity index (χ1v) is 8.96. The molecule has 0 unspecified atom stereocenters. The molecule has 1 aromatic heterocycles. The molecule has 0 saturated carbocycles. The fourth-order valence-corrected chi connectivity index (χ4v) is 2.88. The molecule has 0 bridgehead atoms. The van der Waals surface area contributed by atoms with Crippen LogP contribution in [-0.4, -0.2) is 17.1 Å². The predicted octanol–water partition coefficient (Wildman–Crippen LogP) is 4.51. The Labute approximate surface area is 162 Å². The van der Waals surface area contributed by atoms with Gasteiger partial charge in [-0.3, -0.25) is 4.79 Å². The minimum absolute atomic E-state index is 0.253. The lowest BCUT2D eigenvalue weighted by Gasteiger charge is -2.06. The van der Waals surface area contributed by atoms with Crippen LogP contribution in [0.15, 0.2) is 90.2 Å². The molecule has 5 heteroatoms. The van der Waals surface area contributed by atoms with Gasteiger partial charge in [-0.15, -0.1) is 0 Å². The van der Waals surface area contributed by atoms with E-state index in [1.54, 1.807) is 12.4 Å². The highest BCUT2D eigenvalue weighted by atomic mass is 16.5. The van der Waals surface area contributed by atoms with Gasteiger partial charge in [-0.2, -0.15) is 5.10 Å². The molecule has 4 aromatic rings. The Balaban J connectivity index is 1.34. The second-order valence-electron chi connectivity index (χ2n) is 6.29. The zero-order valence-corrected chi connectivity index (χ0v) is 15.1. The summed E-state index contributed by atoms with van der Waals surface area (Å²) in [6.45, 7) is 0.523. The van der Waals surface area contributed by atoms with Gasteiger partial charge in [-0.25, -0.2) is 5.43 Å². The highest BCUT2D eigenvalue weighted by Gasteiger charge is 2.10. The maximum atomic E-state index is 12.3. The lowest BCUT2D eigenvalue weighted by atomic mass is 10.2. The third-order valence-electron chi connectivity index (χ3n) is 4.34. The number of benzene rings is 3. The lowest BCUT2D eigenvalue weighted by Crippen LogP contribution is -2.17. The summed E-state index contributed by atoms with van der Waals surface area (Å²) in [6.07, 6.45) is 3.29. The van der Waals surface area contributed by atoms with Gasteiger partial charge in [0.25, 0.3) is 5.91 Å². The molecule has 0 saturated heterocycles. The fraction of sp³-hybridized carbons (Fsp3) is 0.0435. The van der Waals surface area contributed by atoms with E-state index in [9.17, 15) is 4.79 Å². The van der Waals surface area contributed by atoms with E-state index in [1.807, 2.05) is 78.9 Å². The third kappa shape index (κ3) is 4.10. The van der Waals surface area contributed by atoms with Crippen LogP contribution in [0.1, 0.15) is 21.5 Å². The highest BCUT2D eigenvalue weighted by molar-refractivity contribution is 6.06. The molecule has 138 valence electrons. The van der Waals surface area contributed by atoms with Gasteiger partial charge >= 0.3 is 0 Å². The maximum Gasteiger partial charge on any atom is 0.273 e. The van der Waals surface area contributed by atoms with Gasteiger partial charge in [-0.05, 0) is 41.5 Å². The molecule has 5 nitrogen and oxygen atoms in total. The Morgan fingerprint density at radius 3 is 2.54 bits per heavy atom. The van der Waals surface area contributed by atoms with Gasteiger partial charge in [0.2, 0.25) is 0 Å². The van der Waals surface area contributed by atoms with Crippen LogP contribution in [0.3, 0.4) is 0 Å². The monoisotopic (exact) mass is 369 g/mol. The van der Waals surface area contributed by atoms with Crippen LogP contribution < -0.4 is 10.2 Å². The summed E-state index contributed by atoms with van der Waals surface area (Å²) in [5, 5.41) is 4.92. The number of nitrogens with zero attached hydrogens (tertiary/aromatic N) is 1. The summed E-state index contributed by atoms with van der Waals surface area (Å²) in [6, 6.07) is 25.2. The molecule has 0 atom stereocenters. The third-order valence-corrected chi connectivity index (χ3v) is 4.34. The lowest BCUT2D eigenvalue weighted by molar-refractivity contribution is 0.0957. The largest absolute Gasteiger partial charge is 0.489 e. The van der Waals surface area contributed by atoms with Crippen molar-refractivity contribution in [3.05, 3.63) is 102 Å². The number of aromatic nitrogens is 1. The zero-order chi connectivity index (χ0) is 19.2. The Kier molecular flexibility index (Phi) is 5.15. The number of hydrogen-bond donors (Lipinski definition) is 2. The number of H-pyrrole nitrogens is 1. The van der Waals surface area contributed by atoms with Crippen LogP contribution in [0.4, 0.5) is 0 Å². The highest BCUT2D eigenvalue weighted by Crippen LogP contribution is 2.17. The number of ether oxygens (including phenoxy) is 1. The molecule has 1 heterocycles. The van der Waals surface area contributed by atoms with Gasteiger partial charge in [0.1, 0.15) is 12.4 Å². The summed E-state index contributed by atoms with van der Waals surface area (Å²) in [5.41, 5.74) is 6.04. The molecular formula is C23H19N3O2. The van der Waals surface area contributed by atoms with Crippen molar-refractivity contribution < 1.29 is 9.53 Å². The topological polar surface area (TPSA) is 66.5 Å². The summed E-state index contributed by atoms with van der Waals surface area (Å²) >= 11 is 0. The van der Waals surface area contributed by atoms with E-state index in [1.165, 1.54) is 0 Å². The van der Waals surface area contributed by atoms with Gasteiger partial charge in [0.05, 0.1) is 11.8 Å². The van der Waals surface area contributed by atoms with Crippen molar-refractivity contribution >= 4 is 23.0 Å². The normalized spacial score (nSPS) is 11.0. The molecule has 2 N–H and O–H groups in total. The van der Waals surface area contributed by atoms with Crippen LogP contribution in [0.5, 0.6) is 5.75 Å². The molecular weight excluding hydrogens is 350 g/mol.